The minimum absolute atomic E-state index is 0.126. The molecule has 0 spiro atoms. The Labute approximate surface area is 168 Å². The first-order chi connectivity index (χ1) is 13.8. The van der Waals surface area contributed by atoms with Crippen LogP contribution in [0.2, 0.25) is 0 Å². The van der Waals surface area contributed by atoms with E-state index in [2.05, 4.69) is 18.8 Å². The second-order valence-corrected chi connectivity index (χ2v) is 7.91. The number of hydrogen-bond donors (Lipinski definition) is 1. The molecule has 29 heavy (non-hydrogen) atoms. The fourth-order valence-electron chi connectivity index (χ4n) is 3.66. The average molecular weight is 394 g/mol. The lowest BCUT2D eigenvalue weighted by Crippen LogP contribution is -2.53. The van der Waals surface area contributed by atoms with Crippen molar-refractivity contribution in [2.75, 3.05) is 11.4 Å². The van der Waals surface area contributed by atoms with E-state index in [4.69, 9.17) is 4.98 Å². The lowest BCUT2D eigenvalue weighted by molar-refractivity contribution is 0.168. The number of halogens is 1. The quantitative estimate of drug-likeness (QED) is 0.736. The molecule has 0 fully saturated rings. The van der Waals surface area contributed by atoms with Gasteiger partial charge in [-0.25, -0.2) is 9.37 Å². The summed E-state index contributed by atoms with van der Waals surface area (Å²) in [5.41, 5.74) is 1.56. The Morgan fingerprint density at radius 2 is 1.86 bits per heavy atom. The standard InChI is InChI=1S/C22H23FN4O2/c1-22(2)9-12-26-20(29)13-18(15-7-10-24-11-8-15)25-21(26)27(22)14-19(28)16-3-5-17(23)6-4-16/h3-8,10-11,13,19,28H,9,12,14H2,1-2H3/t19-/m0/s1. The minimum Gasteiger partial charge on any atom is -0.387 e. The average Bonchev–Trinajstić information content (AvgIpc) is 2.71. The molecular weight excluding hydrogens is 371 g/mol. The highest BCUT2D eigenvalue weighted by Crippen LogP contribution is 2.33. The van der Waals surface area contributed by atoms with Crippen LogP contribution in [0, 0.1) is 5.82 Å². The van der Waals surface area contributed by atoms with Gasteiger partial charge in [-0.1, -0.05) is 12.1 Å². The molecule has 0 bridgehead atoms. The van der Waals surface area contributed by atoms with Crippen LogP contribution in [0.4, 0.5) is 10.3 Å². The van der Waals surface area contributed by atoms with Gasteiger partial charge in [-0.2, -0.15) is 0 Å². The number of aromatic nitrogens is 3. The Hall–Kier alpha value is -3.06. The van der Waals surface area contributed by atoms with Gasteiger partial charge in [0.2, 0.25) is 5.95 Å². The third kappa shape index (κ3) is 3.78. The highest BCUT2D eigenvalue weighted by atomic mass is 19.1. The molecule has 1 aliphatic heterocycles. The zero-order valence-corrected chi connectivity index (χ0v) is 16.4. The van der Waals surface area contributed by atoms with Crippen molar-refractivity contribution in [2.24, 2.45) is 0 Å². The van der Waals surface area contributed by atoms with Gasteiger partial charge in [-0.3, -0.25) is 14.3 Å². The molecule has 1 atom stereocenters. The van der Waals surface area contributed by atoms with E-state index in [1.54, 1.807) is 29.1 Å². The summed E-state index contributed by atoms with van der Waals surface area (Å²) in [6, 6.07) is 11.0. The lowest BCUT2D eigenvalue weighted by Gasteiger charge is -2.45. The highest BCUT2D eigenvalue weighted by molar-refractivity contribution is 5.60. The number of anilines is 1. The van der Waals surface area contributed by atoms with E-state index in [9.17, 15) is 14.3 Å². The van der Waals surface area contributed by atoms with Gasteiger partial charge < -0.3 is 10.0 Å². The SMILES string of the molecule is CC1(C)CCn2c(nc(-c3ccncc3)cc2=O)N1C[C@H](O)c1ccc(F)cc1. The second kappa shape index (κ2) is 7.40. The predicted molar refractivity (Wildman–Crippen MR) is 109 cm³/mol. The fraction of sp³-hybridized carbons (Fsp3) is 0.318. The first-order valence-corrected chi connectivity index (χ1v) is 9.59. The molecule has 0 unspecified atom stereocenters. The first kappa shape index (κ1) is 19.3. The number of benzene rings is 1. The zero-order chi connectivity index (χ0) is 20.6. The normalized spacial score (nSPS) is 16.3. The van der Waals surface area contributed by atoms with Gasteiger partial charge >= 0.3 is 0 Å². The first-order valence-electron chi connectivity index (χ1n) is 9.59. The molecule has 0 saturated carbocycles. The van der Waals surface area contributed by atoms with E-state index < -0.39 is 6.10 Å². The molecule has 1 aliphatic rings. The van der Waals surface area contributed by atoms with Crippen molar-refractivity contribution < 1.29 is 9.50 Å². The number of aliphatic hydroxyl groups is 1. The maximum atomic E-state index is 13.2. The molecule has 0 radical (unpaired) electrons. The number of fused-ring (bicyclic) bond motifs is 1. The summed E-state index contributed by atoms with van der Waals surface area (Å²) in [6.07, 6.45) is 3.22. The number of hydrogen-bond acceptors (Lipinski definition) is 5. The molecule has 1 aromatic carbocycles. The van der Waals surface area contributed by atoms with Crippen LogP contribution in [0.25, 0.3) is 11.3 Å². The fourth-order valence-corrected chi connectivity index (χ4v) is 3.66. The zero-order valence-electron chi connectivity index (χ0n) is 16.4. The van der Waals surface area contributed by atoms with Crippen molar-refractivity contribution in [1.82, 2.24) is 14.5 Å². The van der Waals surface area contributed by atoms with Gasteiger partial charge in [0.15, 0.2) is 0 Å². The Kier molecular flexibility index (Phi) is 4.92. The minimum atomic E-state index is -0.845. The van der Waals surface area contributed by atoms with Crippen molar-refractivity contribution in [1.29, 1.82) is 0 Å². The summed E-state index contributed by atoms with van der Waals surface area (Å²) in [5, 5.41) is 10.8. The molecule has 4 rings (SSSR count). The monoisotopic (exact) mass is 394 g/mol. The molecule has 2 aromatic heterocycles. The van der Waals surface area contributed by atoms with Gasteiger partial charge in [0, 0.05) is 36.1 Å². The van der Waals surface area contributed by atoms with Crippen LogP contribution in [0.15, 0.2) is 59.7 Å². The number of rotatable bonds is 4. The lowest BCUT2D eigenvalue weighted by atomic mass is 9.95. The van der Waals surface area contributed by atoms with Gasteiger partial charge in [-0.15, -0.1) is 0 Å². The number of aliphatic hydroxyl groups excluding tert-OH is 1. The molecule has 3 heterocycles. The molecule has 150 valence electrons. The summed E-state index contributed by atoms with van der Waals surface area (Å²) in [4.78, 5) is 23.5. The number of β-amino-alcohol motifs (C(OH)–C–C–N with tert-alkyl or cyclic N) is 1. The topological polar surface area (TPSA) is 71.2 Å². The molecule has 6 nitrogen and oxygen atoms in total. The van der Waals surface area contributed by atoms with Crippen molar-refractivity contribution >= 4 is 5.95 Å². The number of nitrogens with zero attached hydrogens (tertiary/aromatic N) is 4. The van der Waals surface area contributed by atoms with Crippen LogP contribution in [0.3, 0.4) is 0 Å². The molecular formula is C22H23FN4O2. The van der Waals surface area contributed by atoms with Crippen molar-refractivity contribution in [2.45, 2.75) is 38.5 Å². The van der Waals surface area contributed by atoms with Crippen LogP contribution in [0.1, 0.15) is 31.9 Å². The van der Waals surface area contributed by atoms with Gasteiger partial charge in [0.05, 0.1) is 18.3 Å². The van der Waals surface area contributed by atoms with Gasteiger partial charge in [-0.05, 0) is 50.1 Å². The molecule has 3 aromatic rings. The third-order valence-electron chi connectivity index (χ3n) is 5.49. The van der Waals surface area contributed by atoms with Crippen LogP contribution >= 0.6 is 0 Å². The van der Waals surface area contributed by atoms with Crippen LogP contribution in [-0.2, 0) is 6.54 Å². The van der Waals surface area contributed by atoms with Gasteiger partial charge in [0.25, 0.3) is 5.56 Å². The van der Waals surface area contributed by atoms with Crippen LogP contribution in [-0.4, -0.2) is 31.7 Å². The molecule has 0 saturated heterocycles. The smallest absolute Gasteiger partial charge is 0.255 e. The predicted octanol–water partition coefficient (Wildman–Crippen LogP) is 3.17. The maximum Gasteiger partial charge on any atom is 0.255 e. The van der Waals surface area contributed by atoms with Crippen LogP contribution in [0.5, 0.6) is 0 Å². The summed E-state index contributed by atoms with van der Waals surface area (Å²) in [7, 11) is 0. The van der Waals surface area contributed by atoms with E-state index in [1.165, 1.54) is 18.2 Å². The van der Waals surface area contributed by atoms with E-state index >= 15 is 0 Å². The Balaban J connectivity index is 1.75. The van der Waals surface area contributed by atoms with E-state index in [1.807, 2.05) is 17.0 Å². The summed E-state index contributed by atoms with van der Waals surface area (Å²) >= 11 is 0. The highest BCUT2D eigenvalue weighted by Gasteiger charge is 2.36. The summed E-state index contributed by atoms with van der Waals surface area (Å²) in [6.45, 7) is 4.94. The third-order valence-corrected chi connectivity index (χ3v) is 5.49. The Morgan fingerprint density at radius 1 is 1.17 bits per heavy atom. The largest absolute Gasteiger partial charge is 0.387 e. The van der Waals surface area contributed by atoms with E-state index in [-0.39, 0.29) is 23.5 Å². The summed E-state index contributed by atoms with van der Waals surface area (Å²) in [5.74, 6) is 0.182. The molecule has 0 amide bonds. The van der Waals surface area contributed by atoms with Crippen LogP contribution < -0.4 is 10.5 Å². The molecule has 0 aliphatic carbocycles. The van der Waals surface area contributed by atoms with E-state index in [0.717, 1.165) is 12.0 Å². The van der Waals surface area contributed by atoms with Gasteiger partial charge in [0.1, 0.15) is 5.82 Å². The second-order valence-electron chi connectivity index (χ2n) is 7.91. The van der Waals surface area contributed by atoms with Crippen molar-refractivity contribution in [3.8, 4) is 11.3 Å². The maximum absolute atomic E-state index is 13.2. The summed E-state index contributed by atoms with van der Waals surface area (Å²) < 4.78 is 14.9. The van der Waals surface area contributed by atoms with Crippen molar-refractivity contribution in [3.63, 3.8) is 0 Å². The Bertz CT molecular complexity index is 1060. The number of pyridine rings is 1. The molecule has 1 N–H and O–H groups in total. The Morgan fingerprint density at radius 3 is 2.55 bits per heavy atom. The molecule has 7 heteroatoms. The van der Waals surface area contributed by atoms with Crippen molar-refractivity contribution in [3.05, 3.63) is 76.6 Å². The van der Waals surface area contributed by atoms with E-state index in [0.29, 0.717) is 23.8 Å².